The van der Waals surface area contributed by atoms with Gasteiger partial charge in [-0.05, 0) is 37.6 Å². The van der Waals surface area contributed by atoms with Crippen LogP contribution in [-0.4, -0.2) is 50.1 Å². The summed E-state index contributed by atoms with van der Waals surface area (Å²) in [5.41, 5.74) is 2.41. The molecule has 158 valence electrons. The molecular weight excluding hydrogens is 392 g/mol. The summed E-state index contributed by atoms with van der Waals surface area (Å²) in [5.74, 6) is -0.107. The summed E-state index contributed by atoms with van der Waals surface area (Å²) in [7, 11) is 0. The monoisotopic (exact) mass is 416 g/mol. The van der Waals surface area contributed by atoms with Crippen molar-refractivity contribution in [3.8, 4) is 0 Å². The second kappa shape index (κ2) is 7.67. The molecule has 31 heavy (non-hydrogen) atoms. The molecule has 1 aliphatic rings. The van der Waals surface area contributed by atoms with Gasteiger partial charge >= 0.3 is 0 Å². The maximum Gasteiger partial charge on any atom is 0.270 e. The number of ether oxygens (including phenoxy) is 1. The fourth-order valence-electron chi connectivity index (χ4n) is 4.36. The molecule has 0 radical (unpaired) electrons. The number of morpholine rings is 1. The van der Waals surface area contributed by atoms with Crippen LogP contribution in [0.2, 0.25) is 0 Å². The Bertz CT molecular complexity index is 1320. The normalized spacial score (nSPS) is 19.2. The smallest absolute Gasteiger partial charge is 0.270 e. The zero-order valence-corrected chi connectivity index (χ0v) is 17.6. The molecule has 4 heterocycles. The van der Waals surface area contributed by atoms with Crippen molar-refractivity contribution in [2.24, 2.45) is 0 Å². The van der Waals surface area contributed by atoms with Gasteiger partial charge in [0.2, 0.25) is 0 Å². The first kappa shape index (κ1) is 19.5. The van der Waals surface area contributed by atoms with Gasteiger partial charge in [-0.15, -0.1) is 0 Å². The van der Waals surface area contributed by atoms with Gasteiger partial charge in [-0.3, -0.25) is 14.0 Å². The van der Waals surface area contributed by atoms with Crippen LogP contribution in [-0.2, 0) is 11.3 Å². The molecule has 7 heteroatoms. The van der Waals surface area contributed by atoms with E-state index in [0.717, 1.165) is 5.56 Å². The number of hydrogen-bond acceptors (Lipinski definition) is 4. The minimum absolute atomic E-state index is 0.0361. The minimum Gasteiger partial charge on any atom is -0.372 e. The zero-order valence-electron chi connectivity index (χ0n) is 17.6. The molecule has 1 aliphatic heterocycles. The third-order valence-electron chi connectivity index (χ3n) is 5.69. The highest BCUT2D eigenvalue weighted by Gasteiger charge is 2.29. The number of rotatable bonds is 3. The molecule has 1 amide bonds. The Kier molecular flexibility index (Phi) is 4.82. The van der Waals surface area contributed by atoms with Gasteiger partial charge in [-0.1, -0.05) is 36.4 Å². The summed E-state index contributed by atoms with van der Waals surface area (Å²) >= 11 is 0. The average molecular weight is 416 g/mol. The molecule has 0 aliphatic carbocycles. The van der Waals surface area contributed by atoms with Crippen molar-refractivity contribution in [2.45, 2.75) is 32.6 Å². The molecule has 0 spiro atoms. The van der Waals surface area contributed by atoms with Crippen molar-refractivity contribution in [1.29, 1.82) is 0 Å². The van der Waals surface area contributed by atoms with Gasteiger partial charge in [-0.25, -0.2) is 4.98 Å². The van der Waals surface area contributed by atoms with Gasteiger partial charge in [0.25, 0.3) is 11.5 Å². The first-order chi connectivity index (χ1) is 15.0. The summed E-state index contributed by atoms with van der Waals surface area (Å²) in [6, 6.07) is 17.0. The predicted octanol–water partition coefficient (Wildman–Crippen LogP) is 2.95. The van der Waals surface area contributed by atoms with Crippen LogP contribution < -0.4 is 5.56 Å². The summed E-state index contributed by atoms with van der Waals surface area (Å²) in [6.07, 6.45) is 1.63. The first-order valence-electron chi connectivity index (χ1n) is 10.5. The van der Waals surface area contributed by atoms with Crippen LogP contribution in [0, 0.1) is 0 Å². The molecule has 2 atom stereocenters. The van der Waals surface area contributed by atoms with E-state index in [-0.39, 0.29) is 23.7 Å². The van der Waals surface area contributed by atoms with Crippen LogP contribution in [0.1, 0.15) is 29.9 Å². The molecule has 0 saturated carbocycles. The second-order valence-electron chi connectivity index (χ2n) is 8.15. The van der Waals surface area contributed by atoms with E-state index in [1.165, 1.54) is 4.40 Å². The van der Waals surface area contributed by atoms with Crippen molar-refractivity contribution < 1.29 is 9.53 Å². The van der Waals surface area contributed by atoms with E-state index in [0.29, 0.717) is 42.0 Å². The van der Waals surface area contributed by atoms with E-state index in [1.54, 1.807) is 24.4 Å². The molecular formula is C24H24N4O3. The van der Waals surface area contributed by atoms with Gasteiger partial charge < -0.3 is 14.2 Å². The Morgan fingerprint density at radius 3 is 2.52 bits per heavy atom. The lowest BCUT2D eigenvalue weighted by molar-refractivity contribution is -0.0588. The summed E-state index contributed by atoms with van der Waals surface area (Å²) in [4.78, 5) is 33.3. The van der Waals surface area contributed by atoms with E-state index in [9.17, 15) is 9.59 Å². The van der Waals surface area contributed by atoms with Gasteiger partial charge in [0, 0.05) is 25.8 Å². The SMILES string of the molecule is C[C@@H]1CN(C(=O)c2cc3c(=O)n4ccccc4nc3n2Cc2ccccc2)C[C@@H](C)O1. The molecule has 3 aromatic heterocycles. The molecule has 0 unspecified atom stereocenters. The molecule has 1 saturated heterocycles. The number of pyridine rings is 1. The number of benzene rings is 1. The van der Waals surface area contributed by atoms with Crippen molar-refractivity contribution in [1.82, 2.24) is 18.9 Å². The van der Waals surface area contributed by atoms with E-state index in [4.69, 9.17) is 9.72 Å². The number of nitrogens with zero attached hydrogens (tertiary/aromatic N) is 4. The Balaban J connectivity index is 1.69. The van der Waals surface area contributed by atoms with Crippen LogP contribution in [0.25, 0.3) is 16.7 Å². The van der Waals surface area contributed by atoms with Gasteiger partial charge in [0.1, 0.15) is 17.0 Å². The number of carbonyl (C=O) groups excluding carboxylic acids is 1. The van der Waals surface area contributed by atoms with Crippen LogP contribution in [0.15, 0.2) is 65.6 Å². The van der Waals surface area contributed by atoms with Crippen molar-refractivity contribution in [2.75, 3.05) is 13.1 Å². The third kappa shape index (κ3) is 3.51. The first-order valence-corrected chi connectivity index (χ1v) is 10.5. The number of fused-ring (bicyclic) bond motifs is 2. The number of hydrogen-bond donors (Lipinski definition) is 0. The van der Waals surface area contributed by atoms with Crippen LogP contribution >= 0.6 is 0 Å². The molecule has 7 nitrogen and oxygen atoms in total. The van der Waals surface area contributed by atoms with Crippen molar-refractivity contribution >= 4 is 22.6 Å². The van der Waals surface area contributed by atoms with Gasteiger partial charge in [0.05, 0.1) is 17.6 Å². The maximum atomic E-state index is 13.6. The fourth-order valence-corrected chi connectivity index (χ4v) is 4.36. The molecule has 1 fully saturated rings. The van der Waals surface area contributed by atoms with Crippen LogP contribution in [0.5, 0.6) is 0 Å². The number of carbonyl (C=O) groups is 1. The highest BCUT2D eigenvalue weighted by Crippen LogP contribution is 2.22. The topological polar surface area (TPSA) is 68.8 Å². The van der Waals surface area contributed by atoms with E-state index < -0.39 is 0 Å². The summed E-state index contributed by atoms with van der Waals surface area (Å²) < 4.78 is 9.18. The fraction of sp³-hybridized carbons (Fsp3) is 0.292. The third-order valence-corrected chi connectivity index (χ3v) is 5.69. The molecule has 5 rings (SSSR count). The Hall–Kier alpha value is -3.45. The van der Waals surface area contributed by atoms with E-state index in [2.05, 4.69) is 0 Å². The predicted molar refractivity (Wildman–Crippen MR) is 118 cm³/mol. The van der Waals surface area contributed by atoms with Gasteiger partial charge in [-0.2, -0.15) is 0 Å². The maximum absolute atomic E-state index is 13.6. The number of amides is 1. The highest BCUT2D eigenvalue weighted by molar-refractivity contribution is 5.98. The lowest BCUT2D eigenvalue weighted by atomic mass is 10.2. The van der Waals surface area contributed by atoms with Crippen molar-refractivity contribution in [3.63, 3.8) is 0 Å². The van der Waals surface area contributed by atoms with Gasteiger partial charge in [0.15, 0.2) is 0 Å². The molecule has 0 bridgehead atoms. The Labute approximate surface area is 179 Å². The summed E-state index contributed by atoms with van der Waals surface area (Å²) in [6.45, 7) is 5.43. The summed E-state index contributed by atoms with van der Waals surface area (Å²) in [5, 5.41) is 0.442. The van der Waals surface area contributed by atoms with E-state index in [1.807, 2.05) is 59.7 Å². The lowest BCUT2D eigenvalue weighted by Crippen LogP contribution is -2.48. The molecule has 4 aromatic rings. The Morgan fingerprint density at radius 1 is 1.06 bits per heavy atom. The van der Waals surface area contributed by atoms with E-state index >= 15 is 0 Å². The van der Waals surface area contributed by atoms with Crippen molar-refractivity contribution in [3.05, 3.63) is 82.4 Å². The molecule has 0 N–H and O–H groups in total. The van der Waals surface area contributed by atoms with Crippen LogP contribution in [0.3, 0.4) is 0 Å². The molecule has 1 aromatic carbocycles. The number of aromatic nitrogens is 3. The second-order valence-corrected chi connectivity index (χ2v) is 8.15. The minimum atomic E-state index is -0.176. The Morgan fingerprint density at radius 2 is 1.77 bits per heavy atom. The standard InChI is InChI=1S/C24H24N4O3/c1-16-13-26(14-17(2)31-16)24(30)20-12-19-22(28(20)15-18-8-4-3-5-9-18)25-21-10-6-7-11-27(21)23(19)29/h3-12,16-17H,13-15H2,1-2H3/t16-,17-/m1/s1. The average Bonchev–Trinajstić information content (AvgIpc) is 3.12. The zero-order chi connectivity index (χ0) is 21.5. The highest BCUT2D eigenvalue weighted by atomic mass is 16.5. The quantitative estimate of drug-likeness (QED) is 0.515. The lowest BCUT2D eigenvalue weighted by Gasteiger charge is -2.35. The van der Waals surface area contributed by atoms with Crippen LogP contribution in [0.4, 0.5) is 0 Å². The largest absolute Gasteiger partial charge is 0.372 e.